The molecule has 1 aliphatic carbocycles. The molecule has 0 radical (unpaired) electrons. The quantitative estimate of drug-likeness (QED) is 0.874. The molecule has 3 rings (SSSR count). The maximum absolute atomic E-state index is 11.7. The number of carbonyl (C=O) groups is 2. The number of aromatic carboxylic acids is 1. The molecule has 0 bridgehead atoms. The SMILES string of the molecule is O=C(CCn1ccc2c(C(=O)O)cccc21)NC1CC1. The van der Waals surface area contributed by atoms with Crippen molar-refractivity contribution in [3.8, 4) is 0 Å². The van der Waals surface area contributed by atoms with Crippen LogP contribution in [-0.4, -0.2) is 27.6 Å². The highest BCUT2D eigenvalue weighted by Crippen LogP contribution is 2.21. The summed E-state index contributed by atoms with van der Waals surface area (Å²) in [5, 5.41) is 12.8. The second-order valence-electron chi connectivity index (χ2n) is 5.14. The van der Waals surface area contributed by atoms with Crippen molar-refractivity contribution in [2.24, 2.45) is 0 Å². The number of hydrogen-bond donors (Lipinski definition) is 2. The van der Waals surface area contributed by atoms with Crippen LogP contribution in [0.2, 0.25) is 0 Å². The minimum atomic E-state index is -0.931. The van der Waals surface area contributed by atoms with Crippen LogP contribution in [0.4, 0.5) is 0 Å². The molecule has 1 aliphatic rings. The van der Waals surface area contributed by atoms with E-state index < -0.39 is 5.97 Å². The molecule has 0 aliphatic heterocycles. The molecule has 0 unspecified atom stereocenters. The Morgan fingerprint density at radius 2 is 2.10 bits per heavy atom. The fourth-order valence-electron chi connectivity index (χ4n) is 2.35. The average molecular weight is 272 g/mol. The van der Waals surface area contributed by atoms with Crippen molar-refractivity contribution < 1.29 is 14.7 Å². The van der Waals surface area contributed by atoms with Gasteiger partial charge in [0.2, 0.25) is 5.91 Å². The lowest BCUT2D eigenvalue weighted by Gasteiger charge is -2.06. The molecule has 104 valence electrons. The Bertz CT molecular complexity index is 671. The number of rotatable bonds is 5. The lowest BCUT2D eigenvalue weighted by Crippen LogP contribution is -2.26. The van der Waals surface area contributed by atoms with Crippen LogP contribution in [0.3, 0.4) is 0 Å². The van der Waals surface area contributed by atoms with Gasteiger partial charge in [-0.2, -0.15) is 0 Å². The number of nitrogens with one attached hydrogen (secondary N) is 1. The summed E-state index contributed by atoms with van der Waals surface area (Å²) in [7, 11) is 0. The topological polar surface area (TPSA) is 71.3 Å². The molecular formula is C15H16N2O3. The van der Waals surface area contributed by atoms with Gasteiger partial charge in [0.25, 0.3) is 0 Å². The Balaban J connectivity index is 1.76. The predicted molar refractivity (Wildman–Crippen MR) is 74.7 cm³/mol. The molecule has 5 nitrogen and oxygen atoms in total. The number of nitrogens with zero attached hydrogens (tertiary/aromatic N) is 1. The number of carboxylic acid groups (broad SMARTS) is 1. The second-order valence-corrected chi connectivity index (χ2v) is 5.14. The predicted octanol–water partition coefficient (Wildman–Crippen LogP) is 2.01. The zero-order valence-electron chi connectivity index (χ0n) is 11.0. The molecule has 1 heterocycles. The Labute approximate surface area is 116 Å². The molecule has 20 heavy (non-hydrogen) atoms. The van der Waals surface area contributed by atoms with Crippen LogP contribution in [0.15, 0.2) is 30.5 Å². The first kappa shape index (κ1) is 12.7. The maximum Gasteiger partial charge on any atom is 0.336 e. The minimum Gasteiger partial charge on any atom is -0.478 e. The zero-order valence-corrected chi connectivity index (χ0v) is 11.0. The molecule has 5 heteroatoms. The van der Waals surface area contributed by atoms with Crippen LogP contribution in [0, 0.1) is 0 Å². The van der Waals surface area contributed by atoms with E-state index in [9.17, 15) is 9.59 Å². The van der Waals surface area contributed by atoms with E-state index in [2.05, 4.69) is 5.32 Å². The van der Waals surface area contributed by atoms with Crippen molar-refractivity contribution in [3.63, 3.8) is 0 Å². The van der Waals surface area contributed by atoms with Crippen molar-refractivity contribution in [2.45, 2.75) is 31.8 Å². The van der Waals surface area contributed by atoms with Crippen molar-refractivity contribution in [2.75, 3.05) is 0 Å². The van der Waals surface area contributed by atoms with E-state index in [0.29, 0.717) is 30.0 Å². The monoisotopic (exact) mass is 272 g/mol. The number of benzene rings is 1. The van der Waals surface area contributed by atoms with Gasteiger partial charge in [0, 0.05) is 36.1 Å². The Hall–Kier alpha value is -2.30. The Morgan fingerprint density at radius 3 is 2.80 bits per heavy atom. The first-order chi connectivity index (χ1) is 9.65. The van der Waals surface area contributed by atoms with Gasteiger partial charge < -0.3 is 15.0 Å². The molecule has 1 saturated carbocycles. The van der Waals surface area contributed by atoms with Crippen LogP contribution in [0.25, 0.3) is 10.9 Å². The van der Waals surface area contributed by atoms with E-state index in [1.165, 1.54) is 0 Å². The maximum atomic E-state index is 11.7. The first-order valence-corrected chi connectivity index (χ1v) is 6.75. The molecule has 1 amide bonds. The van der Waals surface area contributed by atoms with Crippen LogP contribution in [0.1, 0.15) is 29.6 Å². The third-order valence-corrected chi connectivity index (χ3v) is 3.57. The average Bonchev–Trinajstić information content (AvgIpc) is 3.14. The highest BCUT2D eigenvalue weighted by molar-refractivity contribution is 6.03. The van der Waals surface area contributed by atoms with Gasteiger partial charge >= 0.3 is 5.97 Å². The lowest BCUT2D eigenvalue weighted by molar-refractivity contribution is -0.121. The number of aryl methyl sites for hydroxylation is 1. The largest absolute Gasteiger partial charge is 0.478 e. The van der Waals surface area contributed by atoms with E-state index in [1.54, 1.807) is 18.2 Å². The summed E-state index contributed by atoms with van der Waals surface area (Å²) in [5.74, 6) is -0.872. The van der Waals surface area contributed by atoms with Crippen molar-refractivity contribution in [1.29, 1.82) is 0 Å². The summed E-state index contributed by atoms with van der Waals surface area (Å²) in [6, 6.07) is 7.36. The normalized spacial score (nSPS) is 14.4. The van der Waals surface area contributed by atoms with Gasteiger partial charge in [-0.25, -0.2) is 4.79 Å². The van der Waals surface area contributed by atoms with Crippen molar-refractivity contribution in [1.82, 2.24) is 9.88 Å². The fraction of sp³-hybridized carbons (Fsp3) is 0.333. The minimum absolute atomic E-state index is 0.0590. The molecule has 1 aromatic heterocycles. The van der Waals surface area contributed by atoms with Crippen molar-refractivity contribution in [3.05, 3.63) is 36.0 Å². The number of hydrogen-bond acceptors (Lipinski definition) is 2. The number of aromatic nitrogens is 1. The number of carbonyl (C=O) groups excluding carboxylic acids is 1. The van der Waals surface area contributed by atoms with Crippen LogP contribution in [-0.2, 0) is 11.3 Å². The van der Waals surface area contributed by atoms with E-state index in [-0.39, 0.29) is 5.91 Å². The van der Waals surface area contributed by atoms with Gasteiger partial charge in [-0.1, -0.05) is 6.07 Å². The van der Waals surface area contributed by atoms with Crippen molar-refractivity contribution >= 4 is 22.8 Å². The third-order valence-electron chi connectivity index (χ3n) is 3.57. The molecule has 1 fully saturated rings. The summed E-state index contributed by atoms with van der Waals surface area (Å²) >= 11 is 0. The third kappa shape index (κ3) is 2.52. The summed E-state index contributed by atoms with van der Waals surface area (Å²) in [6.45, 7) is 0.561. The van der Waals surface area contributed by atoms with Gasteiger partial charge in [-0.15, -0.1) is 0 Å². The summed E-state index contributed by atoms with van der Waals surface area (Å²) in [4.78, 5) is 22.8. The van der Waals surface area contributed by atoms with E-state index in [0.717, 1.165) is 18.4 Å². The highest BCUT2D eigenvalue weighted by atomic mass is 16.4. The van der Waals surface area contributed by atoms with Gasteiger partial charge in [-0.05, 0) is 31.0 Å². The Morgan fingerprint density at radius 1 is 1.30 bits per heavy atom. The van der Waals surface area contributed by atoms with Gasteiger partial charge in [-0.3, -0.25) is 4.79 Å². The second kappa shape index (κ2) is 5.00. The number of carboxylic acids is 1. The first-order valence-electron chi connectivity index (χ1n) is 6.75. The molecule has 0 atom stereocenters. The van der Waals surface area contributed by atoms with Gasteiger partial charge in [0.05, 0.1) is 5.56 Å². The standard InChI is InChI=1S/C15H16N2O3/c18-14(16-10-4-5-10)7-9-17-8-6-11-12(15(19)20)2-1-3-13(11)17/h1-3,6,8,10H,4-5,7,9H2,(H,16,18)(H,19,20). The molecule has 2 N–H and O–H groups in total. The molecule has 1 aromatic carbocycles. The highest BCUT2D eigenvalue weighted by Gasteiger charge is 2.22. The van der Waals surface area contributed by atoms with E-state index in [1.807, 2.05) is 16.8 Å². The smallest absolute Gasteiger partial charge is 0.336 e. The summed E-state index contributed by atoms with van der Waals surface area (Å²) < 4.78 is 1.92. The van der Waals surface area contributed by atoms with E-state index in [4.69, 9.17) is 5.11 Å². The molecular weight excluding hydrogens is 256 g/mol. The Kier molecular flexibility index (Phi) is 3.18. The zero-order chi connectivity index (χ0) is 14.1. The van der Waals surface area contributed by atoms with Gasteiger partial charge in [0.1, 0.15) is 0 Å². The van der Waals surface area contributed by atoms with Crippen LogP contribution < -0.4 is 5.32 Å². The fourth-order valence-corrected chi connectivity index (χ4v) is 2.35. The van der Waals surface area contributed by atoms with Crippen LogP contribution in [0.5, 0.6) is 0 Å². The molecule has 0 saturated heterocycles. The number of fused-ring (bicyclic) bond motifs is 1. The molecule has 0 spiro atoms. The summed E-state index contributed by atoms with van der Waals surface area (Å²) in [6.07, 6.45) is 4.42. The summed E-state index contributed by atoms with van der Waals surface area (Å²) in [5.41, 5.74) is 1.15. The van der Waals surface area contributed by atoms with Crippen LogP contribution >= 0.6 is 0 Å². The number of amides is 1. The van der Waals surface area contributed by atoms with Gasteiger partial charge in [0.15, 0.2) is 0 Å². The van der Waals surface area contributed by atoms with E-state index >= 15 is 0 Å². The molecule has 2 aromatic rings. The lowest BCUT2D eigenvalue weighted by atomic mass is 10.1.